The van der Waals surface area contributed by atoms with Crippen molar-refractivity contribution in [2.24, 2.45) is 11.8 Å². The van der Waals surface area contributed by atoms with Crippen LogP contribution in [0.4, 0.5) is 5.69 Å². The van der Waals surface area contributed by atoms with Gasteiger partial charge in [-0.2, -0.15) is 5.26 Å². The van der Waals surface area contributed by atoms with Crippen molar-refractivity contribution in [2.75, 3.05) is 25.1 Å². The van der Waals surface area contributed by atoms with E-state index < -0.39 is 0 Å². The largest absolute Gasteiger partial charge is 0.493 e. The predicted molar refractivity (Wildman–Crippen MR) is 72.9 cm³/mol. The SMILES string of the molecule is CC(C)C(C#N)CN(C)c1ccc2c(c1)CCO2. The lowest BCUT2D eigenvalue weighted by Gasteiger charge is -2.24. The number of benzene rings is 1. The van der Waals surface area contributed by atoms with E-state index in [9.17, 15) is 0 Å². The molecule has 0 saturated heterocycles. The first kappa shape index (κ1) is 12.8. The number of rotatable bonds is 4. The Labute approximate surface area is 109 Å². The highest BCUT2D eigenvalue weighted by Gasteiger charge is 2.17. The average Bonchev–Trinajstić information content (AvgIpc) is 2.82. The van der Waals surface area contributed by atoms with Crippen molar-refractivity contribution in [3.63, 3.8) is 0 Å². The fourth-order valence-electron chi connectivity index (χ4n) is 2.21. The van der Waals surface area contributed by atoms with Crippen molar-refractivity contribution in [1.29, 1.82) is 5.26 Å². The van der Waals surface area contributed by atoms with E-state index in [1.807, 2.05) is 13.1 Å². The second-order valence-electron chi connectivity index (χ2n) is 5.25. The van der Waals surface area contributed by atoms with Crippen molar-refractivity contribution in [1.82, 2.24) is 0 Å². The fraction of sp³-hybridized carbons (Fsp3) is 0.533. The van der Waals surface area contributed by atoms with Crippen LogP contribution in [-0.2, 0) is 6.42 Å². The van der Waals surface area contributed by atoms with Gasteiger partial charge >= 0.3 is 0 Å². The lowest BCUT2D eigenvalue weighted by Crippen LogP contribution is -2.27. The van der Waals surface area contributed by atoms with Gasteiger partial charge in [0.2, 0.25) is 0 Å². The van der Waals surface area contributed by atoms with Gasteiger partial charge in [-0.1, -0.05) is 13.8 Å². The van der Waals surface area contributed by atoms with Gasteiger partial charge in [-0.15, -0.1) is 0 Å². The molecule has 0 aromatic heterocycles. The molecule has 0 amide bonds. The normalized spacial score (nSPS) is 14.8. The molecule has 0 saturated carbocycles. The van der Waals surface area contributed by atoms with Crippen LogP contribution in [0.1, 0.15) is 19.4 Å². The zero-order valence-electron chi connectivity index (χ0n) is 11.3. The minimum absolute atomic E-state index is 0.0690. The monoisotopic (exact) mass is 244 g/mol. The van der Waals surface area contributed by atoms with Gasteiger partial charge < -0.3 is 9.64 Å². The molecule has 1 atom stereocenters. The van der Waals surface area contributed by atoms with Crippen LogP contribution in [0.5, 0.6) is 5.75 Å². The molecular formula is C15H20N2O. The van der Waals surface area contributed by atoms with Crippen LogP contribution >= 0.6 is 0 Å². The third-order valence-corrected chi connectivity index (χ3v) is 3.55. The first-order valence-corrected chi connectivity index (χ1v) is 6.48. The Hall–Kier alpha value is -1.69. The molecule has 1 heterocycles. The van der Waals surface area contributed by atoms with E-state index in [0.717, 1.165) is 25.3 Å². The summed E-state index contributed by atoms with van der Waals surface area (Å²) in [5.74, 6) is 1.46. The number of anilines is 1. The fourth-order valence-corrected chi connectivity index (χ4v) is 2.21. The van der Waals surface area contributed by atoms with Gasteiger partial charge in [-0.25, -0.2) is 0 Å². The van der Waals surface area contributed by atoms with Gasteiger partial charge in [-0.05, 0) is 29.7 Å². The summed E-state index contributed by atoms with van der Waals surface area (Å²) in [6.45, 7) is 5.75. The summed E-state index contributed by atoms with van der Waals surface area (Å²) < 4.78 is 5.50. The van der Waals surface area contributed by atoms with Crippen molar-refractivity contribution >= 4 is 5.69 Å². The standard InChI is InChI=1S/C15H20N2O/c1-11(2)13(9-16)10-17(3)14-4-5-15-12(8-14)6-7-18-15/h4-5,8,11,13H,6-7,10H2,1-3H3. The number of nitrogens with zero attached hydrogens (tertiary/aromatic N) is 2. The summed E-state index contributed by atoms with van der Waals surface area (Å²) in [7, 11) is 2.05. The zero-order chi connectivity index (χ0) is 13.1. The molecule has 0 aliphatic carbocycles. The maximum Gasteiger partial charge on any atom is 0.122 e. The minimum Gasteiger partial charge on any atom is -0.493 e. The smallest absolute Gasteiger partial charge is 0.122 e. The maximum absolute atomic E-state index is 9.15. The molecule has 3 heteroatoms. The highest BCUT2D eigenvalue weighted by Crippen LogP contribution is 2.29. The van der Waals surface area contributed by atoms with Crippen LogP contribution in [0, 0.1) is 23.2 Å². The van der Waals surface area contributed by atoms with Gasteiger partial charge in [0.1, 0.15) is 5.75 Å². The Morgan fingerprint density at radius 1 is 1.44 bits per heavy atom. The third-order valence-electron chi connectivity index (χ3n) is 3.55. The Balaban J connectivity index is 2.10. The van der Waals surface area contributed by atoms with Crippen molar-refractivity contribution in [3.8, 4) is 11.8 Å². The molecule has 1 unspecified atom stereocenters. The summed E-state index contributed by atoms with van der Waals surface area (Å²) in [6.07, 6.45) is 0.989. The predicted octanol–water partition coefficient (Wildman–Crippen LogP) is 2.85. The summed E-state index contributed by atoms with van der Waals surface area (Å²) >= 11 is 0. The van der Waals surface area contributed by atoms with Gasteiger partial charge in [0.05, 0.1) is 18.6 Å². The Morgan fingerprint density at radius 3 is 2.89 bits per heavy atom. The number of hydrogen-bond donors (Lipinski definition) is 0. The molecular weight excluding hydrogens is 224 g/mol. The van der Waals surface area contributed by atoms with Crippen molar-refractivity contribution in [2.45, 2.75) is 20.3 Å². The summed E-state index contributed by atoms with van der Waals surface area (Å²) in [6, 6.07) is 8.67. The highest BCUT2D eigenvalue weighted by molar-refractivity contribution is 5.54. The van der Waals surface area contributed by atoms with Crippen LogP contribution in [0.3, 0.4) is 0 Å². The summed E-state index contributed by atoms with van der Waals surface area (Å²) in [4.78, 5) is 2.16. The van der Waals surface area contributed by atoms with E-state index in [-0.39, 0.29) is 5.92 Å². The molecule has 2 rings (SSSR count). The number of fused-ring (bicyclic) bond motifs is 1. The van der Waals surface area contributed by atoms with Crippen molar-refractivity contribution in [3.05, 3.63) is 23.8 Å². The number of nitriles is 1. The van der Waals surface area contributed by atoms with E-state index in [1.54, 1.807) is 0 Å². The van der Waals surface area contributed by atoms with Crippen LogP contribution < -0.4 is 9.64 Å². The van der Waals surface area contributed by atoms with E-state index >= 15 is 0 Å². The van der Waals surface area contributed by atoms with Gasteiger partial charge in [0.25, 0.3) is 0 Å². The minimum atomic E-state index is 0.0690. The third kappa shape index (κ3) is 2.59. The molecule has 1 aromatic carbocycles. The topological polar surface area (TPSA) is 36.3 Å². The van der Waals surface area contributed by atoms with Crippen LogP contribution in [-0.4, -0.2) is 20.2 Å². The molecule has 0 bridgehead atoms. The summed E-state index contributed by atoms with van der Waals surface area (Å²) in [5, 5.41) is 9.15. The van der Waals surface area contributed by atoms with Gasteiger partial charge in [-0.3, -0.25) is 0 Å². The lowest BCUT2D eigenvalue weighted by molar-refractivity contribution is 0.357. The quantitative estimate of drug-likeness (QED) is 0.817. The Bertz CT molecular complexity index is 462. The second-order valence-corrected chi connectivity index (χ2v) is 5.25. The van der Waals surface area contributed by atoms with Crippen LogP contribution in [0.15, 0.2) is 18.2 Å². The van der Waals surface area contributed by atoms with E-state index in [2.05, 4.69) is 36.9 Å². The van der Waals surface area contributed by atoms with Gasteiger partial charge in [0, 0.05) is 25.7 Å². The zero-order valence-corrected chi connectivity index (χ0v) is 11.3. The molecule has 96 valence electrons. The van der Waals surface area contributed by atoms with E-state index in [1.165, 1.54) is 11.3 Å². The van der Waals surface area contributed by atoms with E-state index in [4.69, 9.17) is 10.00 Å². The van der Waals surface area contributed by atoms with Gasteiger partial charge in [0.15, 0.2) is 0 Å². The average molecular weight is 244 g/mol. The van der Waals surface area contributed by atoms with Crippen LogP contribution in [0.25, 0.3) is 0 Å². The molecule has 0 fully saturated rings. The molecule has 0 radical (unpaired) electrons. The second kappa shape index (κ2) is 5.30. The van der Waals surface area contributed by atoms with Crippen molar-refractivity contribution < 1.29 is 4.74 Å². The highest BCUT2D eigenvalue weighted by atomic mass is 16.5. The number of ether oxygens (including phenoxy) is 1. The maximum atomic E-state index is 9.15. The molecule has 0 spiro atoms. The Kier molecular flexibility index (Phi) is 3.76. The molecule has 18 heavy (non-hydrogen) atoms. The van der Waals surface area contributed by atoms with E-state index in [0.29, 0.717) is 5.92 Å². The molecule has 3 nitrogen and oxygen atoms in total. The molecule has 1 aliphatic heterocycles. The number of hydrogen-bond acceptors (Lipinski definition) is 3. The molecule has 0 N–H and O–H groups in total. The first-order valence-electron chi connectivity index (χ1n) is 6.48. The Morgan fingerprint density at radius 2 is 2.22 bits per heavy atom. The first-order chi connectivity index (χ1) is 8.61. The molecule has 1 aliphatic rings. The lowest BCUT2D eigenvalue weighted by atomic mass is 9.97. The van der Waals surface area contributed by atoms with Crippen LogP contribution in [0.2, 0.25) is 0 Å². The summed E-state index contributed by atoms with van der Waals surface area (Å²) in [5.41, 5.74) is 2.44. The molecule has 1 aromatic rings.